The monoisotopic (exact) mass is 344 g/mol. The molecule has 0 bridgehead atoms. The number of fused-ring (bicyclic) bond motifs is 1. The van der Waals surface area contributed by atoms with Crippen molar-refractivity contribution < 1.29 is 14.3 Å². The molecule has 4 rings (SSSR count). The van der Waals surface area contributed by atoms with E-state index in [0.717, 1.165) is 22.8 Å². The second-order valence-electron chi connectivity index (χ2n) is 4.86. The average molecular weight is 344 g/mol. The first-order valence-corrected chi connectivity index (χ1v) is 8.81. The fourth-order valence-corrected chi connectivity index (χ4v) is 3.58. The number of rotatable bonds is 3. The van der Waals surface area contributed by atoms with Crippen molar-refractivity contribution in [3.05, 3.63) is 46.0 Å². The molecule has 2 aromatic heterocycles. The largest absolute Gasteiger partial charge is 0.486 e. The number of amides is 1. The van der Waals surface area contributed by atoms with Gasteiger partial charge in [-0.3, -0.25) is 10.1 Å². The smallest absolute Gasteiger partial charge is 0.258 e. The van der Waals surface area contributed by atoms with Crippen LogP contribution in [0.2, 0.25) is 0 Å². The van der Waals surface area contributed by atoms with Crippen LogP contribution in [0.25, 0.3) is 11.3 Å². The van der Waals surface area contributed by atoms with Gasteiger partial charge >= 0.3 is 0 Å². The van der Waals surface area contributed by atoms with E-state index >= 15 is 0 Å². The zero-order valence-electron chi connectivity index (χ0n) is 11.9. The highest BCUT2D eigenvalue weighted by Gasteiger charge is 2.14. The number of ether oxygens (including phenoxy) is 2. The predicted octanol–water partition coefficient (Wildman–Crippen LogP) is 3.90. The zero-order valence-corrected chi connectivity index (χ0v) is 13.6. The summed E-state index contributed by atoms with van der Waals surface area (Å²) < 4.78 is 11.1. The van der Waals surface area contributed by atoms with Gasteiger partial charge in [0, 0.05) is 16.3 Å². The molecule has 3 heterocycles. The lowest BCUT2D eigenvalue weighted by Gasteiger charge is -2.18. The van der Waals surface area contributed by atoms with Crippen LogP contribution in [0.1, 0.15) is 10.4 Å². The third-order valence-corrected chi connectivity index (χ3v) is 4.79. The Kier molecular flexibility index (Phi) is 3.72. The van der Waals surface area contributed by atoms with Crippen molar-refractivity contribution in [1.29, 1.82) is 0 Å². The minimum Gasteiger partial charge on any atom is -0.486 e. The number of thiazole rings is 1. The van der Waals surface area contributed by atoms with Gasteiger partial charge in [0.25, 0.3) is 5.91 Å². The summed E-state index contributed by atoms with van der Waals surface area (Å²) in [4.78, 5) is 16.5. The van der Waals surface area contributed by atoms with E-state index in [4.69, 9.17) is 9.47 Å². The Hall–Kier alpha value is -2.38. The molecule has 0 spiro atoms. The highest BCUT2D eigenvalue weighted by molar-refractivity contribution is 7.14. The van der Waals surface area contributed by atoms with Crippen molar-refractivity contribution in [3.63, 3.8) is 0 Å². The lowest BCUT2D eigenvalue weighted by atomic mass is 10.1. The molecule has 7 heteroatoms. The molecule has 1 aromatic carbocycles. The predicted molar refractivity (Wildman–Crippen MR) is 90.8 cm³/mol. The van der Waals surface area contributed by atoms with Crippen LogP contribution in [-0.4, -0.2) is 24.1 Å². The van der Waals surface area contributed by atoms with E-state index in [1.807, 2.05) is 34.3 Å². The summed E-state index contributed by atoms with van der Waals surface area (Å²) in [5, 5.41) is 8.99. The molecule has 23 heavy (non-hydrogen) atoms. The van der Waals surface area contributed by atoms with Gasteiger partial charge in [0.05, 0.1) is 11.3 Å². The van der Waals surface area contributed by atoms with Crippen LogP contribution in [0.5, 0.6) is 11.5 Å². The van der Waals surface area contributed by atoms with Crippen molar-refractivity contribution in [1.82, 2.24) is 4.98 Å². The molecule has 0 saturated heterocycles. The van der Waals surface area contributed by atoms with E-state index in [9.17, 15) is 4.79 Å². The Bertz CT molecular complexity index is 843. The zero-order chi connectivity index (χ0) is 15.6. The van der Waals surface area contributed by atoms with Gasteiger partial charge in [-0.05, 0) is 29.6 Å². The molecule has 116 valence electrons. The van der Waals surface area contributed by atoms with Gasteiger partial charge in [-0.1, -0.05) is 0 Å². The number of carbonyl (C=O) groups is 1. The van der Waals surface area contributed by atoms with Crippen LogP contribution in [0, 0.1) is 0 Å². The minimum atomic E-state index is -0.144. The van der Waals surface area contributed by atoms with E-state index in [1.54, 1.807) is 6.07 Å². The summed E-state index contributed by atoms with van der Waals surface area (Å²) >= 11 is 2.89. The number of thiophene rings is 1. The SMILES string of the molecule is O=C(Nc1nc(-c2ccc3c(c2)OCCO3)cs1)c1ccsc1. The first kappa shape index (κ1) is 14.2. The van der Waals surface area contributed by atoms with E-state index in [1.165, 1.54) is 22.7 Å². The van der Waals surface area contributed by atoms with Crippen molar-refractivity contribution in [2.24, 2.45) is 0 Å². The van der Waals surface area contributed by atoms with Crippen molar-refractivity contribution >= 4 is 33.7 Å². The van der Waals surface area contributed by atoms with Crippen molar-refractivity contribution in [2.75, 3.05) is 18.5 Å². The lowest BCUT2D eigenvalue weighted by Crippen LogP contribution is -2.15. The molecule has 1 aliphatic heterocycles. The summed E-state index contributed by atoms with van der Waals surface area (Å²) in [6.07, 6.45) is 0. The molecule has 1 aliphatic rings. The molecule has 0 aliphatic carbocycles. The second-order valence-corrected chi connectivity index (χ2v) is 6.50. The molecular formula is C16H12N2O3S2. The molecule has 0 unspecified atom stereocenters. The van der Waals surface area contributed by atoms with Crippen LogP contribution in [-0.2, 0) is 0 Å². The Morgan fingerprint density at radius 1 is 1.13 bits per heavy atom. The number of hydrogen-bond donors (Lipinski definition) is 1. The molecule has 5 nitrogen and oxygen atoms in total. The van der Waals surface area contributed by atoms with E-state index < -0.39 is 0 Å². The molecular weight excluding hydrogens is 332 g/mol. The maximum absolute atomic E-state index is 12.0. The third-order valence-electron chi connectivity index (χ3n) is 3.35. The molecule has 0 saturated carbocycles. The van der Waals surface area contributed by atoms with Crippen LogP contribution in [0.4, 0.5) is 5.13 Å². The summed E-state index contributed by atoms with van der Waals surface area (Å²) in [5.41, 5.74) is 2.38. The van der Waals surface area contributed by atoms with Gasteiger partial charge in [-0.25, -0.2) is 4.98 Å². The molecule has 0 radical (unpaired) electrons. The topological polar surface area (TPSA) is 60.5 Å². The Morgan fingerprint density at radius 2 is 2.00 bits per heavy atom. The second kappa shape index (κ2) is 6.02. The minimum absolute atomic E-state index is 0.144. The average Bonchev–Trinajstić information content (AvgIpc) is 3.26. The number of nitrogens with one attached hydrogen (secondary N) is 1. The first-order chi connectivity index (χ1) is 11.3. The normalized spacial score (nSPS) is 12.9. The number of carbonyl (C=O) groups excluding carboxylic acids is 1. The van der Waals surface area contributed by atoms with E-state index in [-0.39, 0.29) is 5.91 Å². The Balaban J connectivity index is 1.55. The van der Waals surface area contributed by atoms with Gasteiger partial charge in [-0.15, -0.1) is 11.3 Å². The summed E-state index contributed by atoms with van der Waals surface area (Å²) in [6, 6.07) is 7.52. The highest BCUT2D eigenvalue weighted by Crippen LogP contribution is 2.35. The number of hydrogen-bond acceptors (Lipinski definition) is 6. The molecule has 3 aromatic rings. The van der Waals surface area contributed by atoms with E-state index in [2.05, 4.69) is 10.3 Å². The maximum Gasteiger partial charge on any atom is 0.258 e. The van der Waals surface area contributed by atoms with Gasteiger partial charge in [-0.2, -0.15) is 11.3 Å². The van der Waals surface area contributed by atoms with Gasteiger partial charge in [0.2, 0.25) is 0 Å². The Labute approximate surface area is 140 Å². The molecule has 0 atom stereocenters. The summed E-state index contributed by atoms with van der Waals surface area (Å²) in [5.74, 6) is 1.33. The first-order valence-electron chi connectivity index (χ1n) is 6.99. The van der Waals surface area contributed by atoms with Gasteiger partial charge in [0.1, 0.15) is 13.2 Å². The van der Waals surface area contributed by atoms with Gasteiger partial charge < -0.3 is 9.47 Å². The Morgan fingerprint density at radius 3 is 2.83 bits per heavy atom. The summed E-state index contributed by atoms with van der Waals surface area (Å²) in [7, 11) is 0. The molecule has 1 amide bonds. The van der Waals surface area contributed by atoms with E-state index in [0.29, 0.717) is 23.9 Å². The van der Waals surface area contributed by atoms with Crippen molar-refractivity contribution in [2.45, 2.75) is 0 Å². The number of aromatic nitrogens is 1. The lowest BCUT2D eigenvalue weighted by molar-refractivity contribution is 0.102. The van der Waals surface area contributed by atoms with Crippen LogP contribution >= 0.6 is 22.7 Å². The summed E-state index contributed by atoms with van der Waals surface area (Å²) in [6.45, 7) is 1.12. The van der Waals surface area contributed by atoms with Crippen molar-refractivity contribution in [3.8, 4) is 22.8 Å². The fourth-order valence-electron chi connectivity index (χ4n) is 2.23. The third kappa shape index (κ3) is 2.93. The number of benzene rings is 1. The number of nitrogens with zero attached hydrogens (tertiary/aromatic N) is 1. The van der Waals surface area contributed by atoms with Crippen LogP contribution < -0.4 is 14.8 Å². The quantitative estimate of drug-likeness (QED) is 0.783. The van der Waals surface area contributed by atoms with Crippen LogP contribution in [0.15, 0.2) is 40.4 Å². The maximum atomic E-state index is 12.0. The molecule has 0 fully saturated rings. The fraction of sp³-hybridized carbons (Fsp3) is 0.125. The van der Waals surface area contributed by atoms with Gasteiger partial charge in [0.15, 0.2) is 16.6 Å². The standard InChI is InChI=1S/C16H12N2O3S2/c19-15(11-3-6-22-8-11)18-16-17-12(9-23-16)10-1-2-13-14(7-10)21-5-4-20-13/h1-3,6-9H,4-5H2,(H,17,18,19). The van der Waals surface area contributed by atoms with Crippen LogP contribution in [0.3, 0.4) is 0 Å². The number of anilines is 1. The molecule has 1 N–H and O–H groups in total. The highest BCUT2D eigenvalue weighted by atomic mass is 32.1.